The Hall–Kier alpha value is -1.71. The quantitative estimate of drug-likeness (QED) is 0.774. The highest BCUT2D eigenvalue weighted by Gasteiger charge is 2.23. The predicted molar refractivity (Wildman–Crippen MR) is 76.3 cm³/mol. The zero-order valence-corrected chi connectivity index (χ0v) is 11.6. The van der Waals surface area contributed by atoms with Gasteiger partial charge in [0, 0.05) is 11.6 Å². The van der Waals surface area contributed by atoms with E-state index in [1.54, 1.807) is 18.2 Å². The van der Waals surface area contributed by atoms with E-state index < -0.39 is 0 Å². The molecule has 1 saturated carbocycles. The third-order valence-corrected chi connectivity index (χ3v) is 3.14. The third-order valence-electron chi connectivity index (χ3n) is 3.14. The Kier molecular flexibility index (Phi) is 4.30. The summed E-state index contributed by atoms with van der Waals surface area (Å²) in [6, 6.07) is 5.58. The first-order valence-corrected chi connectivity index (χ1v) is 6.89. The van der Waals surface area contributed by atoms with Crippen LogP contribution in [0, 0.1) is 5.92 Å². The Morgan fingerprint density at radius 2 is 2.21 bits per heavy atom. The van der Waals surface area contributed by atoms with Crippen molar-refractivity contribution >= 4 is 11.6 Å². The fraction of sp³-hybridized carbons (Fsp3) is 0.533. The van der Waals surface area contributed by atoms with Gasteiger partial charge in [0.1, 0.15) is 5.75 Å². The molecule has 2 rings (SSSR count). The largest absolute Gasteiger partial charge is 0.491 e. The number of ether oxygens (including phenoxy) is 1. The number of benzene rings is 1. The molecule has 0 bridgehead atoms. The highest BCUT2D eigenvalue weighted by atomic mass is 16.5. The summed E-state index contributed by atoms with van der Waals surface area (Å²) in [7, 11) is 0. The van der Waals surface area contributed by atoms with Gasteiger partial charge in [0.25, 0.3) is 5.91 Å². The SMILES string of the molecule is CC(C)CCOc1ccc(C(=O)NC2CC2)cc1N. The van der Waals surface area contributed by atoms with Crippen molar-refractivity contribution in [1.82, 2.24) is 5.32 Å². The number of rotatable bonds is 6. The minimum atomic E-state index is -0.0528. The van der Waals surface area contributed by atoms with Crippen molar-refractivity contribution in [1.29, 1.82) is 0 Å². The summed E-state index contributed by atoms with van der Waals surface area (Å²) < 4.78 is 5.62. The smallest absolute Gasteiger partial charge is 0.251 e. The number of carbonyl (C=O) groups is 1. The molecule has 1 aromatic rings. The van der Waals surface area contributed by atoms with Gasteiger partial charge in [-0.1, -0.05) is 13.8 Å². The van der Waals surface area contributed by atoms with Crippen molar-refractivity contribution < 1.29 is 9.53 Å². The molecule has 19 heavy (non-hydrogen) atoms. The van der Waals surface area contributed by atoms with Crippen LogP contribution in [0.3, 0.4) is 0 Å². The van der Waals surface area contributed by atoms with Crippen LogP contribution in [0.5, 0.6) is 5.75 Å². The average molecular weight is 262 g/mol. The summed E-state index contributed by atoms with van der Waals surface area (Å²) in [6.45, 7) is 4.95. The molecule has 0 heterocycles. The first-order chi connectivity index (χ1) is 9.06. The van der Waals surface area contributed by atoms with Gasteiger partial charge in [0.2, 0.25) is 0 Å². The Balaban J connectivity index is 1.93. The van der Waals surface area contributed by atoms with Crippen molar-refractivity contribution in [2.24, 2.45) is 5.92 Å². The summed E-state index contributed by atoms with van der Waals surface area (Å²) >= 11 is 0. The van der Waals surface area contributed by atoms with E-state index in [0.29, 0.717) is 35.6 Å². The maximum Gasteiger partial charge on any atom is 0.251 e. The fourth-order valence-corrected chi connectivity index (χ4v) is 1.72. The summed E-state index contributed by atoms with van der Waals surface area (Å²) in [5, 5.41) is 2.94. The number of anilines is 1. The average Bonchev–Trinajstić information content (AvgIpc) is 3.14. The number of nitrogen functional groups attached to an aromatic ring is 1. The van der Waals surface area contributed by atoms with Crippen LogP contribution in [0.1, 0.15) is 43.5 Å². The minimum Gasteiger partial charge on any atom is -0.491 e. The van der Waals surface area contributed by atoms with Crippen LogP contribution < -0.4 is 15.8 Å². The summed E-state index contributed by atoms with van der Waals surface area (Å²) in [4.78, 5) is 11.9. The van der Waals surface area contributed by atoms with Gasteiger partial charge in [0.15, 0.2) is 0 Å². The fourth-order valence-electron chi connectivity index (χ4n) is 1.72. The molecule has 4 nitrogen and oxygen atoms in total. The second-order valence-corrected chi connectivity index (χ2v) is 5.53. The second kappa shape index (κ2) is 5.95. The monoisotopic (exact) mass is 262 g/mol. The van der Waals surface area contributed by atoms with Crippen molar-refractivity contribution in [3.63, 3.8) is 0 Å². The Morgan fingerprint density at radius 3 is 2.79 bits per heavy atom. The van der Waals surface area contributed by atoms with E-state index >= 15 is 0 Å². The lowest BCUT2D eigenvalue weighted by Crippen LogP contribution is -2.25. The third kappa shape index (κ3) is 4.16. The zero-order chi connectivity index (χ0) is 13.8. The standard InChI is InChI=1S/C15H22N2O2/c1-10(2)7-8-19-14-6-3-11(9-13(14)16)15(18)17-12-4-5-12/h3,6,9-10,12H,4-5,7-8,16H2,1-2H3,(H,17,18). The van der Waals surface area contributed by atoms with Crippen molar-refractivity contribution in [2.75, 3.05) is 12.3 Å². The predicted octanol–water partition coefficient (Wildman–Crippen LogP) is 2.59. The Bertz CT molecular complexity index is 453. The van der Waals surface area contributed by atoms with E-state index in [9.17, 15) is 4.79 Å². The maximum atomic E-state index is 11.9. The highest BCUT2D eigenvalue weighted by molar-refractivity contribution is 5.95. The molecule has 0 atom stereocenters. The Morgan fingerprint density at radius 1 is 1.47 bits per heavy atom. The van der Waals surface area contributed by atoms with Crippen molar-refractivity contribution in [3.8, 4) is 5.75 Å². The van der Waals surface area contributed by atoms with Gasteiger partial charge in [-0.15, -0.1) is 0 Å². The molecule has 0 saturated heterocycles. The van der Waals surface area contributed by atoms with Gasteiger partial charge < -0.3 is 15.8 Å². The van der Waals surface area contributed by atoms with E-state index in [2.05, 4.69) is 19.2 Å². The molecule has 1 aliphatic carbocycles. The summed E-state index contributed by atoms with van der Waals surface area (Å²) in [5.41, 5.74) is 7.04. The highest BCUT2D eigenvalue weighted by Crippen LogP contribution is 2.24. The van der Waals surface area contributed by atoms with Crippen LogP contribution in [0.25, 0.3) is 0 Å². The number of carbonyl (C=O) groups excluding carboxylic acids is 1. The number of hydrogen-bond donors (Lipinski definition) is 2. The molecule has 1 aliphatic rings. The van der Waals surface area contributed by atoms with Crippen LogP contribution >= 0.6 is 0 Å². The van der Waals surface area contributed by atoms with Crippen LogP contribution in [-0.2, 0) is 0 Å². The lowest BCUT2D eigenvalue weighted by Gasteiger charge is -2.11. The number of amides is 1. The van der Waals surface area contributed by atoms with E-state index in [1.807, 2.05) is 0 Å². The van der Waals surface area contributed by atoms with Gasteiger partial charge in [-0.05, 0) is 43.4 Å². The molecule has 0 spiro atoms. The zero-order valence-electron chi connectivity index (χ0n) is 11.6. The molecule has 1 amide bonds. The topological polar surface area (TPSA) is 64.3 Å². The number of nitrogens with one attached hydrogen (secondary N) is 1. The van der Waals surface area contributed by atoms with E-state index in [4.69, 9.17) is 10.5 Å². The van der Waals surface area contributed by atoms with Crippen LogP contribution in [0.15, 0.2) is 18.2 Å². The molecule has 0 aliphatic heterocycles. The van der Waals surface area contributed by atoms with Crippen LogP contribution in [-0.4, -0.2) is 18.6 Å². The Labute approximate surface area is 114 Å². The van der Waals surface area contributed by atoms with Crippen molar-refractivity contribution in [3.05, 3.63) is 23.8 Å². The van der Waals surface area contributed by atoms with Gasteiger partial charge in [-0.3, -0.25) is 4.79 Å². The van der Waals surface area contributed by atoms with E-state index in [0.717, 1.165) is 19.3 Å². The molecule has 1 aromatic carbocycles. The maximum absolute atomic E-state index is 11.9. The number of hydrogen-bond acceptors (Lipinski definition) is 3. The lowest BCUT2D eigenvalue weighted by atomic mass is 10.1. The van der Waals surface area contributed by atoms with Crippen LogP contribution in [0.4, 0.5) is 5.69 Å². The molecule has 1 fully saturated rings. The molecule has 0 aromatic heterocycles. The molecule has 104 valence electrons. The second-order valence-electron chi connectivity index (χ2n) is 5.53. The minimum absolute atomic E-state index is 0.0528. The first-order valence-electron chi connectivity index (χ1n) is 6.89. The summed E-state index contributed by atoms with van der Waals surface area (Å²) in [6.07, 6.45) is 3.15. The molecular formula is C15H22N2O2. The van der Waals surface area contributed by atoms with Gasteiger partial charge >= 0.3 is 0 Å². The molecule has 0 radical (unpaired) electrons. The normalized spacial score (nSPS) is 14.5. The molecular weight excluding hydrogens is 240 g/mol. The van der Waals surface area contributed by atoms with Crippen LogP contribution in [0.2, 0.25) is 0 Å². The molecule has 4 heteroatoms. The van der Waals surface area contributed by atoms with Gasteiger partial charge in [0.05, 0.1) is 12.3 Å². The van der Waals surface area contributed by atoms with Gasteiger partial charge in [-0.25, -0.2) is 0 Å². The van der Waals surface area contributed by atoms with E-state index in [-0.39, 0.29) is 5.91 Å². The molecule has 3 N–H and O–H groups in total. The lowest BCUT2D eigenvalue weighted by molar-refractivity contribution is 0.0951. The molecule has 0 unspecified atom stereocenters. The first kappa shape index (κ1) is 13.7. The summed E-state index contributed by atoms with van der Waals surface area (Å²) in [5.74, 6) is 1.20. The number of nitrogens with two attached hydrogens (primary N) is 1. The van der Waals surface area contributed by atoms with Crippen molar-refractivity contribution in [2.45, 2.75) is 39.2 Å². The van der Waals surface area contributed by atoms with Gasteiger partial charge in [-0.2, -0.15) is 0 Å². The van der Waals surface area contributed by atoms with E-state index in [1.165, 1.54) is 0 Å².